The Hall–Kier alpha value is -0.410. The van der Waals surface area contributed by atoms with E-state index in [9.17, 15) is 4.79 Å². The van der Waals surface area contributed by atoms with Crippen molar-refractivity contribution in [2.45, 2.75) is 39.6 Å². The van der Waals surface area contributed by atoms with E-state index in [0.717, 1.165) is 6.29 Å². The lowest BCUT2D eigenvalue weighted by atomic mass is 10.3. The predicted molar refractivity (Wildman–Crippen MR) is 42.3 cm³/mol. The highest BCUT2D eigenvalue weighted by molar-refractivity contribution is 5.49. The van der Waals surface area contributed by atoms with E-state index in [0.29, 0.717) is 13.0 Å². The molecule has 2 atom stereocenters. The van der Waals surface area contributed by atoms with E-state index in [1.54, 1.807) is 0 Å². The molecule has 0 aliphatic heterocycles. The van der Waals surface area contributed by atoms with Crippen molar-refractivity contribution < 1.29 is 14.3 Å². The average molecular weight is 160 g/mol. The lowest BCUT2D eigenvalue weighted by Crippen LogP contribution is -2.20. The maximum atomic E-state index is 10.0. The number of hydrogen-bond donors (Lipinski definition) is 0. The molecule has 0 aliphatic rings. The maximum absolute atomic E-state index is 10.0. The number of carbonyl (C=O) groups is 1. The van der Waals surface area contributed by atoms with Crippen molar-refractivity contribution in [1.29, 1.82) is 0 Å². The Balaban J connectivity index is 3.39. The molecule has 0 fully saturated rings. The summed E-state index contributed by atoms with van der Waals surface area (Å²) in [5.41, 5.74) is 0. The van der Waals surface area contributed by atoms with E-state index >= 15 is 0 Å². The highest BCUT2D eigenvalue weighted by Gasteiger charge is 2.06. The van der Waals surface area contributed by atoms with E-state index in [-0.39, 0.29) is 12.4 Å². The summed E-state index contributed by atoms with van der Waals surface area (Å²) in [6, 6.07) is 0. The van der Waals surface area contributed by atoms with Crippen LogP contribution in [-0.4, -0.2) is 25.3 Å². The number of carbonyl (C=O) groups excluding carboxylic acids is 1. The second-order valence-corrected chi connectivity index (χ2v) is 2.37. The molecular weight excluding hydrogens is 144 g/mol. The van der Waals surface area contributed by atoms with Crippen LogP contribution in [0.2, 0.25) is 0 Å². The normalized spacial score (nSPS) is 15.9. The van der Waals surface area contributed by atoms with Gasteiger partial charge in [-0.2, -0.15) is 0 Å². The zero-order chi connectivity index (χ0) is 8.69. The number of rotatable bonds is 6. The molecule has 0 aromatic heterocycles. The highest BCUT2D eigenvalue weighted by atomic mass is 16.7. The second-order valence-electron chi connectivity index (χ2n) is 2.37. The first-order valence-electron chi connectivity index (χ1n) is 3.91. The minimum Gasteiger partial charge on any atom is -0.353 e. The molecule has 0 N–H and O–H groups in total. The number of aldehydes is 1. The minimum atomic E-state index is -0.213. The van der Waals surface area contributed by atoms with Crippen LogP contribution in [0.25, 0.3) is 0 Å². The van der Waals surface area contributed by atoms with Crippen molar-refractivity contribution in [3.8, 4) is 0 Å². The Morgan fingerprint density at radius 1 is 1.45 bits per heavy atom. The minimum absolute atomic E-state index is 0.0472. The Bertz CT molecular complexity index is 104. The van der Waals surface area contributed by atoms with Gasteiger partial charge in [-0.15, -0.1) is 0 Å². The van der Waals surface area contributed by atoms with Crippen molar-refractivity contribution in [2.24, 2.45) is 0 Å². The van der Waals surface area contributed by atoms with Crippen molar-refractivity contribution in [3.63, 3.8) is 0 Å². The van der Waals surface area contributed by atoms with Crippen molar-refractivity contribution in [2.75, 3.05) is 6.61 Å². The molecule has 0 aliphatic carbocycles. The van der Waals surface area contributed by atoms with Crippen LogP contribution >= 0.6 is 0 Å². The summed E-state index contributed by atoms with van der Waals surface area (Å²) in [7, 11) is 0. The van der Waals surface area contributed by atoms with Crippen LogP contribution < -0.4 is 0 Å². The molecule has 0 heterocycles. The van der Waals surface area contributed by atoms with Gasteiger partial charge in [0.15, 0.2) is 6.29 Å². The van der Waals surface area contributed by atoms with Gasteiger partial charge in [0.25, 0.3) is 0 Å². The first kappa shape index (κ1) is 10.6. The van der Waals surface area contributed by atoms with Crippen LogP contribution in [0.4, 0.5) is 0 Å². The Morgan fingerprint density at radius 2 is 2.09 bits per heavy atom. The molecule has 2 unspecified atom stereocenters. The van der Waals surface area contributed by atoms with Gasteiger partial charge in [-0.1, -0.05) is 0 Å². The SMILES string of the molecule is CCOC(C)OC(C)CC=O. The third-order valence-electron chi connectivity index (χ3n) is 1.25. The summed E-state index contributed by atoms with van der Waals surface area (Å²) in [4.78, 5) is 10.0. The molecule has 3 nitrogen and oxygen atoms in total. The van der Waals surface area contributed by atoms with Crippen molar-refractivity contribution in [1.82, 2.24) is 0 Å². The summed E-state index contributed by atoms with van der Waals surface area (Å²) in [5.74, 6) is 0. The Morgan fingerprint density at radius 3 is 2.55 bits per heavy atom. The van der Waals surface area contributed by atoms with E-state index in [2.05, 4.69) is 0 Å². The summed E-state index contributed by atoms with van der Waals surface area (Å²) >= 11 is 0. The molecular formula is C8H16O3. The summed E-state index contributed by atoms with van der Waals surface area (Å²) < 4.78 is 10.4. The van der Waals surface area contributed by atoms with Gasteiger partial charge >= 0.3 is 0 Å². The maximum Gasteiger partial charge on any atom is 0.155 e. The predicted octanol–water partition coefficient (Wildman–Crippen LogP) is 1.36. The number of ether oxygens (including phenoxy) is 2. The fourth-order valence-corrected chi connectivity index (χ4v) is 0.792. The van der Waals surface area contributed by atoms with Gasteiger partial charge in [-0.05, 0) is 20.8 Å². The average Bonchev–Trinajstić information content (AvgIpc) is 1.87. The zero-order valence-electron chi connectivity index (χ0n) is 7.37. The van der Waals surface area contributed by atoms with E-state index in [1.165, 1.54) is 0 Å². The summed E-state index contributed by atoms with van der Waals surface area (Å²) in [6.07, 6.45) is 1.02. The van der Waals surface area contributed by atoms with Gasteiger partial charge in [-0.3, -0.25) is 0 Å². The summed E-state index contributed by atoms with van der Waals surface area (Å²) in [5, 5.41) is 0. The van der Waals surface area contributed by atoms with Crippen LogP contribution in [-0.2, 0) is 14.3 Å². The van der Waals surface area contributed by atoms with Crippen LogP contribution in [0.3, 0.4) is 0 Å². The monoisotopic (exact) mass is 160 g/mol. The van der Waals surface area contributed by atoms with Crippen LogP contribution in [0.1, 0.15) is 27.2 Å². The molecule has 0 saturated heterocycles. The highest BCUT2D eigenvalue weighted by Crippen LogP contribution is 2.01. The smallest absolute Gasteiger partial charge is 0.155 e. The molecule has 0 rings (SSSR count). The van der Waals surface area contributed by atoms with E-state index in [4.69, 9.17) is 9.47 Å². The van der Waals surface area contributed by atoms with Gasteiger partial charge in [0.05, 0.1) is 6.10 Å². The molecule has 0 aromatic rings. The fourth-order valence-electron chi connectivity index (χ4n) is 0.792. The largest absolute Gasteiger partial charge is 0.353 e. The molecule has 11 heavy (non-hydrogen) atoms. The molecule has 0 aromatic carbocycles. The van der Waals surface area contributed by atoms with Gasteiger partial charge in [0.2, 0.25) is 0 Å². The van der Waals surface area contributed by atoms with Crippen molar-refractivity contribution in [3.05, 3.63) is 0 Å². The quantitative estimate of drug-likeness (QED) is 0.435. The van der Waals surface area contributed by atoms with Crippen molar-refractivity contribution >= 4 is 6.29 Å². The third kappa shape index (κ3) is 6.01. The molecule has 66 valence electrons. The van der Waals surface area contributed by atoms with Crippen LogP contribution in [0.5, 0.6) is 0 Å². The zero-order valence-corrected chi connectivity index (χ0v) is 7.37. The molecule has 0 radical (unpaired) electrons. The lowest BCUT2D eigenvalue weighted by Gasteiger charge is -2.16. The second kappa shape index (κ2) is 6.31. The first-order chi connectivity index (χ1) is 5.20. The fraction of sp³-hybridized carbons (Fsp3) is 0.875. The summed E-state index contributed by atoms with van der Waals surface area (Å²) in [6.45, 7) is 6.22. The van der Waals surface area contributed by atoms with Gasteiger partial charge < -0.3 is 14.3 Å². The molecule has 0 bridgehead atoms. The Labute approximate surface area is 67.7 Å². The lowest BCUT2D eigenvalue weighted by molar-refractivity contribution is -0.155. The van der Waals surface area contributed by atoms with Gasteiger partial charge in [0.1, 0.15) is 6.29 Å². The van der Waals surface area contributed by atoms with Gasteiger partial charge in [0, 0.05) is 13.0 Å². The standard InChI is InChI=1S/C8H16O3/c1-4-10-8(3)11-7(2)5-6-9/h6-8H,4-5H2,1-3H3. The molecule has 0 saturated carbocycles. The van der Waals surface area contributed by atoms with Crippen LogP contribution in [0, 0.1) is 0 Å². The van der Waals surface area contributed by atoms with E-state index < -0.39 is 0 Å². The topological polar surface area (TPSA) is 35.5 Å². The Kier molecular flexibility index (Phi) is 6.07. The first-order valence-corrected chi connectivity index (χ1v) is 3.91. The molecule has 3 heteroatoms. The number of hydrogen-bond acceptors (Lipinski definition) is 3. The van der Waals surface area contributed by atoms with Crippen LogP contribution in [0.15, 0.2) is 0 Å². The molecule has 0 spiro atoms. The van der Waals surface area contributed by atoms with Gasteiger partial charge in [-0.25, -0.2) is 0 Å². The van der Waals surface area contributed by atoms with E-state index in [1.807, 2.05) is 20.8 Å². The third-order valence-corrected chi connectivity index (χ3v) is 1.25. The molecule has 0 amide bonds.